The lowest BCUT2D eigenvalue weighted by Gasteiger charge is -2.26. The summed E-state index contributed by atoms with van der Waals surface area (Å²) in [5.41, 5.74) is 4.56. The molecule has 2 aromatic heterocycles. The molecule has 1 aromatic carbocycles. The number of halogens is 2. The van der Waals surface area contributed by atoms with Crippen LogP contribution in [-0.2, 0) is 17.4 Å². The van der Waals surface area contributed by atoms with Crippen LogP contribution in [0.3, 0.4) is 0 Å². The Morgan fingerprint density at radius 1 is 1.16 bits per heavy atom. The minimum Gasteiger partial charge on any atom is -0.283 e. The normalized spacial score (nSPS) is 13.9. The van der Waals surface area contributed by atoms with Crippen LogP contribution in [0, 0.1) is 11.8 Å². The van der Waals surface area contributed by atoms with Gasteiger partial charge < -0.3 is 0 Å². The van der Waals surface area contributed by atoms with Gasteiger partial charge in [0, 0.05) is 36.6 Å². The molecule has 3 heterocycles. The van der Waals surface area contributed by atoms with Crippen LogP contribution >= 0.6 is 34.5 Å². The van der Waals surface area contributed by atoms with Crippen molar-refractivity contribution in [3.63, 3.8) is 0 Å². The van der Waals surface area contributed by atoms with E-state index in [1.807, 2.05) is 17.1 Å². The zero-order valence-electron chi connectivity index (χ0n) is 20.2. The SMILES string of the molecule is CCCC#Cc1ccc(-c2c(CN[SH](=O)=O)c(C(=O)NN3CCCCC3)nn2-c2ccc(Cl)cc2Cl)s1. The van der Waals surface area contributed by atoms with Crippen molar-refractivity contribution in [2.24, 2.45) is 0 Å². The Morgan fingerprint density at radius 2 is 1.95 bits per heavy atom. The highest BCUT2D eigenvalue weighted by molar-refractivity contribution is 7.70. The van der Waals surface area contributed by atoms with Crippen molar-refractivity contribution in [3.05, 3.63) is 56.5 Å². The summed E-state index contributed by atoms with van der Waals surface area (Å²) in [5, 5.41) is 7.33. The number of thiol groups is 1. The number of unbranched alkanes of at least 4 members (excludes halogenated alkanes) is 1. The number of amides is 1. The highest BCUT2D eigenvalue weighted by Crippen LogP contribution is 2.36. The molecule has 1 aliphatic rings. The maximum atomic E-state index is 13.4. The van der Waals surface area contributed by atoms with Crippen molar-refractivity contribution >= 4 is 51.3 Å². The summed E-state index contributed by atoms with van der Waals surface area (Å²) in [6.45, 7) is 3.44. The minimum atomic E-state index is -2.91. The Balaban J connectivity index is 1.86. The topological polar surface area (TPSA) is 96.3 Å². The second-order valence-electron chi connectivity index (χ2n) is 8.48. The molecule has 1 fully saturated rings. The third-order valence-electron chi connectivity index (χ3n) is 5.76. The number of nitrogens with one attached hydrogen (secondary N) is 2. The predicted molar refractivity (Wildman–Crippen MR) is 149 cm³/mol. The van der Waals surface area contributed by atoms with Crippen LogP contribution in [0.2, 0.25) is 10.0 Å². The quantitative estimate of drug-likeness (QED) is 0.263. The number of hydrogen-bond acceptors (Lipinski definition) is 6. The Morgan fingerprint density at radius 3 is 2.65 bits per heavy atom. The third kappa shape index (κ3) is 6.93. The van der Waals surface area contributed by atoms with Gasteiger partial charge in [-0.25, -0.2) is 22.8 Å². The van der Waals surface area contributed by atoms with Gasteiger partial charge in [-0.3, -0.25) is 10.2 Å². The maximum absolute atomic E-state index is 13.4. The van der Waals surface area contributed by atoms with Gasteiger partial charge in [0.05, 0.1) is 26.2 Å². The van der Waals surface area contributed by atoms with Crippen molar-refractivity contribution in [2.75, 3.05) is 13.1 Å². The molecule has 1 amide bonds. The Bertz CT molecular complexity index is 1410. The van der Waals surface area contributed by atoms with E-state index in [-0.39, 0.29) is 12.2 Å². The average Bonchev–Trinajstić information content (AvgIpc) is 3.48. The smallest absolute Gasteiger partial charge is 0.283 e. The average molecular weight is 581 g/mol. The molecule has 1 aliphatic heterocycles. The van der Waals surface area contributed by atoms with Crippen LogP contribution in [-0.4, -0.2) is 42.2 Å². The molecular formula is C25H27Cl2N5O3S2. The summed E-state index contributed by atoms with van der Waals surface area (Å²) in [6, 6.07) is 8.80. The molecule has 8 nitrogen and oxygen atoms in total. The van der Waals surface area contributed by atoms with Crippen LogP contribution in [0.1, 0.15) is 60.0 Å². The molecule has 37 heavy (non-hydrogen) atoms. The highest BCUT2D eigenvalue weighted by Gasteiger charge is 2.28. The summed E-state index contributed by atoms with van der Waals surface area (Å²) in [5.74, 6) is 5.89. The number of carbonyl (C=O) groups is 1. The van der Waals surface area contributed by atoms with E-state index in [0.29, 0.717) is 27.0 Å². The van der Waals surface area contributed by atoms with Crippen LogP contribution in [0.4, 0.5) is 0 Å². The van der Waals surface area contributed by atoms with Crippen LogP contribution in [0.5, 0.6) is 0 Å². The largest absolute Gasteiger partial charge is 0.286 e. The zero-order chi connectivity index (χ0) is 26.4. The molecule has 0 saturated carbocycles. The number of hydrogen-bond donors (Lipinski definition) is 3. The number of carbonyl (C=O) groups excluding carboxylic acids is 1. The van der Waals surface area contributed by atoms with Crippen molar-refractivity contribution in [1.29, 1.82) is 0 Å². The van der Waals surface area contributed by atoms with Crippen molar-refractivity contribution in [1.82, 2.24) is 24.9 Å². The van der Waals surface area contributed by atoms with Gasteiger partial charge in [0.15, 0.2) is 5.69 Å². The molecular weight excluding hydrogens is 553 g/mol. The fourth-order valence-electron chi connectivity index (χ4n) is 4.03. The molecule has 1 saturated heterocycles. The number of benzene rings is 1. The van der Waals surface area contributed by atoms with E-state index in [4.69, 9.17) is 23.2 Å². The highest BCUT2D eigenvalue weighted by atomic mass is 35.5. The monoisotopic (exact) mass is 579 g/mol. The van der Waals surface area contributed by atoms with E-state index in [9.17, 15) is 13.2 Å². The summed E-state index contributed by atoms with van der Waals surface area (Å²) >= 11 is 14.1. The van der Waals surface area contributed by atoms with E-state index in [1.54, 1.807) is 22.9 Å². The fourth-order valence-corrected chi connectivity index (χ4v) is 5.75. The number of rotatable bonds is 8. The minimum absolute atomic E-state index is 0.114. The van der Waals surface area contributed by atoms with Gasteiger partial charge in [0.25, 0.3) is 5.91 Å². The van der Waals surface area contributed by atoms with Crippen LogP contribution in [0.25, 0.3) is 16.3 Å². The first-order valence-electron chi connectivity index (χ1n) is 12.0. The lowest BCUT2D eigenvalue weighted by molar-refractivity contribution is 0.0743. The first-order chi connectivity index (χ1) is 17.9. The summed E-state index contributed by atoms with van der Waals surface area (Å²) in [7, 11) is -2.91. The van der Waals surface area contributed by atoms with E-state index < -0.39 is 16.8 Å². The van der Waals surface area contributed by atoms with E-state index in [2.05, 4.69) is 34.0 Å². The molecule has 4 rings (SSSR count). The van der Waals surface area contributed by atoms with Gasteiger partial charge in [0.1, 0.15) is 0 Å². The summed E-state index contributed by atoms with van der Waals surface area (Å²) in [4.78, 5) is 15.1. The molecule has 0 atom stereocenters. The van der Waals surface area contributed by atoms with Gasteiger partial charge in [-0.2, -0.15) is 5.10 Å². The van der Waals surface area contributed by atoms with Crippen LogP contribution < -0.4 is 10.1 Å². The van der Waals surface area contributed by atoms with Gasteiger partial charge >= 0.3 is 0 Å². The van der Waals surface area contributed by atoms with Gasteiger partial charge in [-0.15, -0.1) is 11.3 Å². The molecule has 0 radical (unpaired) electrons. The van der Waals surface area contributed by atoms with Crippen molar-refractivity contribution < 1.29 is 13.2 Å². The molecule has 12 heteroatoms. The van der Waals surface area contributed by atoms with Gasteiger partial charge in [-0.05, 0) is 49.6 Å². The first-order valence-corrected chi connectivity index (χ1v) is 14.7. The third-order valence-corrected chi connectivity index (χ3v) is 7.72. The molecule has 0 spiro atoms. The number of piperidine rings is 1. The second kappa shape index (κ2) is 12.9. The number of nitrogens with zero attached hydrogens (tertiary/aromatic N) is 3. The number of hydrazine groups is 1. The molecule has 196 valence electrons. The van der Waals surface area contributed by atoms with E-state index in [0.717, 1.165) is 54.9 Å². The second-order valence-corrected chi connectivity index (χ2v) is 11.2. The van der Waals surface area contributed by atoms with Gasteiger partial charge in [0.2, 0.25) is 10.9 Å². The lowest BCUT2D eigenvalue weighted by atomic mass is 10.1. The van der Waals surface area contributed by atoms with Crippen LogP contribution in [0.15, 0.2) is 30.3 Å². The lowest BCUT2D eigenvalue weighted by Crippen LogP contribution is -2.45. The molecule has 2 N–H and O–H groups in total. The zero-order valence-corrected chi connectivity index (χ0v) is 23.4. The molecule has 0 bridgehead atoms. The first kappa shape index (κ1) is 27.6. The summed E-state index contributed by atoms with van der Waals surface area (Å²) < 4.78 is 27.0. The maximum Gasteiger partial charge on any atom is 0.286 e. The van der Waals surface area contributed by atoms with E-state index in [1.165, 1.54) is 11.3 Å². The Labute approximate surface area is 232 Å². The standard InChI is InChI=1S/C25H27Cl2N5O3S2/c1-2-3-5-8-18-10-12-22(36-18)24-19(16-28-37(34)35)23(25(33)30-31-13-6-4-7-14-31)29-32(24)21-11-9-17(26)15-20(21)27/h9-12,15,37H,2-4,6-7,13-14,16H2,1H3,(H,30,33)(H,28,34,35). The Kier molecular flexibility index (Phi) is 9.65. The van der Waals surface area contributed by atoms with Gasteiger partial charge in [-0.1, -0.05) is 48.4 Å². The number of thiophene rings is 1. The summed E-state index contributed by atoms with van der Waals surface area (Å²) in [6.07, 6.45) is 4.85. The fraction of sp³-hybridized carbons (Fsp3) is 0.360. The molecule has 3 aromatic rings. The number of aromatic nitrogens is 2. The van der Waals surface area contributed by atoms with E-state index >= 15 is 0 Å². The molecule has 0 unspecified atom stereocenters. The van der Waals surface area contributed by atoms with Crippen molar-refractivity contribution in [2.45, 2.75) is 45.6 Å². The predicted octanol–water partition coefficient (Wildman–Crippen LogP) is 4.81. The van der Waals surface area contributed by atoms with Crippen molar-refractivity contribution in [3.8, 4) is 28.1 Å². The molecule has 0 aliphatic carbocycles. The Hall–Kier alpha value is -2.39.